The third-order valence-electron chi connectivity index (χ3n) is 10.6. The van der Waals surface area contributed by atoms with E-state index in [1.165, 1.54) is 70.6 Å². The van der Waals surface area contributed by atoms with Crippen molar-refractivity contribution < 1.29 is 9.44 Å². The van der Waals surface area contributed by atoms with Gasteiger partial charge in [-0.3, -0.25) is 4.70 Å². The number of methoxy groups -OCH3 is 1. The average Bonchev–Trinajstić information content (AvgIpc) is 3.04. The maximum absolute atomic E-state index is 5.75. The van der Waals surface area contributed by atoms with Crippen LogP contribution in [0.15, 0.2) is 11.6 Å². The van der Waals surface area contributed by atoms with Crippen LogP contribution in [0.1, 0.15) is 105 Å². The normalized spacial score (nSPS) is 43.8. The van der Waals surface area contributed by atoms with Gasteiger partial charge in [0.05, 0.1) is 6.10 Å². The molecule has 8 atom stereocenters. The van der Waals surface area contributed by atoms with Crippen molar-refractivity contribution in [2.45, 2.75) is 111 Å². The van der Waals surface area contributed by atoms with Crippen LogP contribution in [0.5, 0.6) is 0 Å². The number of halogens is 1. The highest BCUT2D eigenvalue weighted by Crippen LogP contribution is 2.67. The van der Waals surface area contributed by atoms with E-state index in [1.54, 1.807) is 5.57 Å². The van der Waals surface area contributed by atoms with Gasteiger partial charge in [0.1, 0.15) is 0 Å². The number of hydrogen-bond acceptors (Lipinski definition) is 1. The van der Waals surface area contributed by atoms with Crippen molar-refractivity contribution in [1.29, 1.82) is 0 Å². The molecule has 0 heterocycles. The molecule has 0 aliphatic heterocycles. The zero-order valence-corrected chi connectivity index (χ0v) is 20.7. The highest BCUT2D eigenvalue weighted by molar-refractivity contribution is 5.25. The molecule has 3 fully saturated rings. The summed E-state index contributed by atoms with van der Waals surface area (Å²) >= 11 is 0. The number of rotatable bonds is 6. The van der Waals surface area contributed by atoms with E-state index < -0.39 is 0 Å². The van der Waals surface area contributed by atoms with E-state index in [-0.39, 0.29) is 4.70 Å². The highest BCUT2D eigenvalue weighted by atomic mass is 19.0. The Kier molecular flexibility index (Phi) is 7.48. The summed E-state index contributed by atoms with van der Waals surface area (Å²) in [5, 5.41) is 0. The van der Waals surface area contributed by atoms with Gasteiger partial charge >= 0.3 is 0 Å². The first-order valence-electron chi connectivity index (χ1n) is 13.0. The first kappa shape index (κ1) is 24.3. The van der Waals surface area contributed by atoms with Gasteiger partial charge in [-0.25, -0.2) is 0 Å². The van der Waals surface area contributed by atoms with E-state index in [1.807, 2.05) is 7.11 Å². The molecule has 0 spiro atoms. The maximum atomic E-state index is 5.75. The Labute approximate surface area is 186 Å². The standard InChI is InChI=1S/C28H48O.FH/c1-19(2)8-7-9-20(3)24-12-13-25-23-11-10-21-18-22(29-6)14-16-27(21,4)26(23)15-17-28(24,25)5;/h10,19-20,22-26H,7-9,11-18H2,1-6H3;1H/t20-,22?,23?,24-,25?,26?,27+,28-;/m1./s1. The molecule has 0 radical (unpaired) electrons. The quantitative estimate of drug-likeness (QED) is 0.393. The zero-order chi connectivity index (χ0) is 20.8. The van der Waals surface area contributed by atoms with Gasteiger partial charge in [0, 0.05) is 7.11 Å². The van der Waals surface area contributed by atoms with E-state index in [4.69, 9.17) is 4.74 Å². The summed E-state index contributed by atoms with van der Waals surface area (Å²) in [5.41, 5.74) is 2.85. The molecule has 2 heteroatoms. The monoisotopic (exact) mass is 420 g/mol. The largest absolute Gasteiger partial charge is 0.381 e. The van der Waals surface area contributed by atoms with Crippen LogP contribution in [0.3, 0.4) is 0 Å². The van der Waals surface area contributed by atoms with E-state index in [0.717, 1.165) is 35.5 Å². The van der Waals surface area contributed by atoms with Crippen LogP contribution in [-0.4, -0.2) is 13.2 Å². The summed E-state index contributed by atoms with van der Waals surface area (Å²) in [4.78, 5) is 0. The Bertz CT molecular complexity index is 612. The molecule has 1 nitrogen and oxygen atoms in total. The fourth-order valence-corrected chi connectivity index (χ4v) is 8.85. The molecule has 0 amide bonds. The molecular formula is C28H49FO. The van der Waals surface area contributed by atoms with Crippen LogP contribution < -0.4 is 0 Å². The number of hydrogen-bond donors (Lipinski definition) is 0. The van der Waals surface area contributed by atoms with Crippen LogP contribution in [0, 0.1) is 46.3 Å². The van der Waals surface area contributed by atoms with Crippen LogP contribution in [0.25, 0.3) is 0 Å². The number of ether oxygens (including phenoxy) is 1. The molecule has 0 saturated heterocycles. The van der Waals surface area contributed by atoms with Crippen LogP contribution in [-0.2, 0) is 4.74 Å². The lowest BCUT2D eigenvalue weighted by Crippen LogP contribution is -2.50. The van der Waals surface area contributed by atoms with Crippen LogP contribution in [0.4, 0.5) is 4.70 Å². The van der Waals surface area contributed by atoms with Gasteiger partial charge in [0.15, 0.2) is 0 Å². The molecule has 4 unspecified atom stereocenters. The molecule has 0 bridgehead atoms. The fourth-order valence-electron chi connectivity index (χ4n) is 8.85. The van der Waals surface area contributed by atoms with Gasteiger partial charge in [-0.1, -0.05) is 65.5 Å². The Morgan fingerprint density at radius 3 is 2.47 bits per heavy atom. The SMILES string of the molecule is COC1CC[C@@]2(C)C(=CCC3C2CC[C@@]2(C)C3CC[C@@H]2[C@H](C)CCCC(C)C)C1.F. The molecule has 4 aliphatic rings. The van der Waals surface area contributed by atoms with Gasteiger partial charge in [0.25, 0.3) is 0 Å². The van der Waals surface area contributed by atoms with Crippen LogP contribution >= 0.6 is 0 Å². The van der Waals surface area contributed by atoms with Gasteiger partial charge in [-0.05, 0) is 97.7 Å². The lowest BCUT2D eigenvalue weighted by atomic mass is 9.47. The van der Waals surface area contributed by atoms with E-state index in [9.17, 15) is 0 Å². The lowest BCUT2D eigenvalue weighted by molar-refractivity contribution is -0.0601. The zero-order valence-electron chi connectivity index (χ0n) is 20.7. The predicted molar refractivity (Wildman–Crippen MR) is 126 cm³/mol. The minimum absolute atomic E-state index is 0. The number of fused-ring (bicyclic) bond motifs is 5. The predicted octanol–water partition coefficient (Wildman–Crippen LogP) is 8.20. The molecule has 0 aromatic carbocycles. The minimum atomic E-state index is 0. The van der Waals surface area contributed by atoms with Crippen LogP contribution in [0.2, 0.25) is 0 Å². The average molecular weight is 421 g/mol. The summed E-state index contributed by atoms with van der Waals surface area (Å²) in [6.07, 6.45) is 18.7. The third-order valence-corrected chi connectivity index (χ3v) is 10.6. The highest BCUT2D eigenvalue weighted by Gasteiger charge is 2.59. The topological polar surface area (TPSA) is 9.23 Å². The molecule has 0 aromatic heterocycles. The van der Waals surface area contributed by atoms with Crippen molar-refractivity contribution in [2.24, 2.45) is 46.3 Å². The van der Waals surface area contributed by atoms with Crippen molar-refractivity contribution in [3.05, 3.63) is 11.6 Å². The van der Waals surface area contributed by atoms with E-state index >= 15 is 0 Å². The van der Waals surface area contributed by atoms with Gasteiger partial charge in [-0.15, -0.1) is 0 Å². The van der Waals surface area contributed by atoms with Crippen molar-refractivity contribution in [1.82, 2.24) is 0 Å². The summed E-state index contributed by atoms with van der Waals surface area (Å²) in [5.74, 6) is 5.63. The molecule has 0 aromatic rings. The van der Waals surface area contributed by atoms with Gasteiger partial charge in [0.2, 0.25) is 0 Å². The number of allylic oxidation sites excluding steroid dienone is 1. The molecular weight excluding hydrogens is 371 g/mol. The Hall–Kier alpha value is -0.370. The Balaban J connectivity index is 0.00000256. The summed E-state index contributed by atoms with van der Waals surface area (Å²) < 4.78 is 5.75. The summed E-state index contributed by atoms with van der Waals surface area (Å²) in [6, 6.07) is 0. The molecule has 4 rings (SSSR count). The maximum Gasteiger partial charge on any atom is 0.0608 e. The first-order chi connectivity index (χ1) is 13.8. The van der Waals surface area contributed by atoms with E-state index in [0.29, 0.717) is 16.9 Å². The molecule has 0 N–H and O–H groups in total. The summed E-state index contributed by atoms with van der Waals surface area (Å²) in [7, 11) is 1.91. The van der Waals surface area contributed by atoms with E-state index in [2.05, 4.69) is 40.7 Å². The second-order valence-corrected chi connectivity index (χ2v) is 12.4. The van der Waals surface area contributed by atoms with Gasteiger partial charge < -0.3 is 4.74 Å². The smallest absolute Gasteiger partial charge is 0.0608 e. The van der Waals surface area contributed by atoms with Crippen molar-refractivity contribution in [2.75, 3.05) is 7.11 Å². The third kappa shape index (κ3) is 4.04. The molecule has 3 saturated carbocycles. The Morgan fingerprint density at radius 2 is 1.77 bits per heavy atom. The van der Waals surface area contributed by atoms with Crippen molar-refractivity contribution in [3.8, 4) is 0 Å². The molecule has 174 valence electrons. The fraction of sp³-hybridized carbons (Fsp3) is 0.929. The van der Waals surface area contributed by atoms with Crippen molar-refractivity contribution in [3.63, 3.8) is 0 Å². The molecule has 4 aliphatic carbocycles. The Morgan fingerprint density at radius 1 is 1.00 bits per heavy atom. The minimum Gasteiger partial charge on any atom is -0.381 e. The summed E-state index contributed by atoms with van der Waals surface area (Å²) in [6.45, 7) is 12.7. The van der Waals surface area contributed by atoms with Crippen molar-refractivity contribution >= 4 is 0 Å². The van der Waals surface area contributed by atoms with Gasteiger partial charge in [-0.2, -0.15) is 0 Å². The first-order valence-corrected chi connectivity index (χ1v) is 13.0. The lowest BCUT2D eigenvalue weighted by Gasteiger charge is -2.58. The second kappa shape index (κ2) is 9.24. The second-order valence-electron chi connectivity index (χ2n) is 12.4. The molecule has 30 heavy (non-hydrogen) atoms.